The maximum Gasteiger partial charge on any atom is 0.0541 e. The van der Waals surface area contributed by atoms with Crippen LogP contribution in [0.5, 0.6) is 0 Å². The van der Waals surface area contributed by atoms with Crippen molar-refractivity contribution < 1.29 is 0 Å². The van der Waals surface area contributed by atoms with E-state index >= 15 is 0 Å². The fourth-order valence-electron chi connectivity index (χ4n) is 7.57. The van der Waals surface area contributed by atoms with E-state index in [4.69, 9.17) is 0 Å². The molecule has 0 atom stereocenters. The molecule has 230 valence electrons. The first kappa shape index (κ1) is 27.9. The second kappa shape index (κ2) is 11.2. The van der Waals surface area contributed by atoms with Gasteiger partial charge in [-0.1, -0.05) is 121 Å². The van der Waals surface area contributed by atoms with Gasteiger partial charge in [0.1, 0.15) is 0 Å². The number of anilines is 3. The van der Waals surface area contributed by atoms with Crippen molar-refractivity contribution in [1.82, 2.24) is 4.57 Å². The van der Waals surface area contributed by atoms with Gasteiger partial charge in [-0.2, -0.15) is 0 Å². The summed E-state index contributed by atoms with van der Waals surface area (Å²) in [6.07, 6.45) is 0. The quantitative estimate of drug-likeness (QED) is 0.181. The standard InChI is InChI=1S/C46H30N2S/c1-2-14-35-31(12-1)13-11-22-42(35)47(33-25-27-34(28-26-33)48-43-20-8-4-16-37(43)38-17-5-9-21-44(38)48)41-19-7-3-15-36(41)32-24-29-40-39-18-6-10-23-45(39)49-46(40)30-32/h1-30H. The Morgan fingerprint density at radius 2 is 1.00 bits per heavy atom. The SMILES string of the molecule is c1ccc(N(c2ccc(-n3c4ccccc4c4ccccc43)cc2)c2cccc3ccccc23)c(-c2ccc3c(c2)sc2ccccc23)c1. The summed E-state index contributed by atoms with van der Waals surface area (Å²) in [6, 6.07) is 66.2. The average molecular weight is 643 g/mol. The third kappa shape index (κ3) is 4.47. The zero-order chi connectivity index (χ0) is 32.3. The van der Waals surface area contributed by atoms with Crippen LogP contribution in [0.4, 0.5) is 17.1 Å². The second-order valence-corrected chi connectivity index (χ2v) is 13.6. The van der Waals surface area contributed by atoms with Gasteiger partial charge in [0.25, 0.3) is 0 Å². The van der Waals surface area contributed by atoms with E-state index in [0.29, 0.717) is 0 Å². The molecule has 10 aromatic rings. The molecule has 0 radical (unpaired) electrons. The van der Waals surface area contributed by atoms with Crippen LogP contribution < -0.4 is 4.90 Å². The highest BCUT2D eigenvalue weighted by molar-refractivity contribution is 7.25. The van der Waals surface area contributed by atoms with Crippen LogP contribution in [-0.2, 0) is 0 Å². The number of benzene rings is 8. The van der Waals surface area contributed by atoms with E-state index in [1.54, 1.807) is 0 Å². The fourth-order valence-corrected chi connectivity index (χ4v) is 8.71. The highest BCUT2D eigenvalue weighted by Crippen LogP contribution is 2.45. The predicted octanol–water partition coefficient (Wildman–Crippen LogP) is 13.4. The Morgan fingerprint density at radius 3 is 1.80 bits per heavy atom. The average Bonchev–Trinajstić information content (AvgIpc) is 3.71. The predicted molar refractivity (Wildman–Crippen MR) is 211 cm³/mol. The van der Waals surface area contributed by atoms with Crippen molar-refractivity contribution in [3.8, 4) is 16.8 Å². The zero-order valence-corrected chi connectivity index (χ0v) is 27.4. The molecule has 10 rings (SSSR count). The summed E-state index contributed by atoms with van der Waals surface area (Å²) in [6.45, 7) is 0. The summed E-state index contributed by atoms with van der Waals surface area (Å²) < 4.78 is 5.01. The summed E-state index contributed by atoms with van der Waals surface area (Å²) >= 11 is 1.87. The van der Waals surface area contributed by atoms with Crippen molar-refractivity contribution in [2.45, 2.75) is 0 Å². The number of fused-ring (bicyclic) bond motifs is 7. The lowest BCUT2D eigenvalue weighted by atomic mass is 9.99. The Labute approximate surface area is 288 Å². The molecule has 0 fully saturated rings. The topological polar surface area (TPSA) is 8.17 Å². The molecule has 0 aliphatic carbocycles. The normalized spacial score (nSPS) is 11.7. The van der Waals surface area contributed by atoms with Gasteiger partial charge in [-0.25, -0.2) is 0 Å². The smallest absolute Gasteiger partial charge is 0.0541 e. The zero-order valence-electron chi connectivity index (χ0n) is 26.6. The van der Waals surface area contributed by atoms with E-state index in [2.05, 4.69) is 191 Å². The molecule has 0 spiro atoms. The number of thiophene rings is 1. The van der Waals surface area contributed by atoms with E-state index in [1.807, 2.05) is 11.3 Å². The molecule has 0 N–H and O–H groups in total. The van der Waals surface area contributed by atoms with Gasteiger partial charge in [0, 0.05) is 53.3 Å². The number of aromatic nitrogens is 1. The van der Waals surface area contributed by atoms with Crippen LogP contribution in [0.2, 0.25) is 0 Å². The van der Waals surface area contributed by atoms with E-state index in [0.717, 1.165) is 22.7 Å². The van der Waals surface area contributed by atoms with Gasteiger partial charge in [-0.3, -0.25) is 0 Å². The lowest BCUT2D eigenvalue weighted by Gasteiger charge is -2.29. The van der Waals surface area contributed by atoms with Gasteiger partial charge < -0.3 is 9.47 Å². The van der Waals surface area contributed by atoms with Gasteiger partial charge in [-0.05, 0) is 71.6 Å². The van der Waals surface area contributed by atoms with Gasteiger partial charge in [0.2, 0.25) is 0 Å². The van der Waals surface area contributed by atoms with Crippen LogP contribution in [0, 0.1) is 0 Å². The Hall–Kier alpha value is -6.16. The molecule has 2 nitrogen and oxygen atoms in total. The van der Waals surface area contributed by atoms with Crippen molar-refractivity contribution in [3.63, 3.8) is 0 Å². The fraction of sp³-hybridized carbons (Fsp3) is 0. The Bertz CT molecular complexity index is 2780. The first-order chi connectivity index (χ1) is 24.3. The summed E-state index contributed by atoms with van der Waals surface area (Å²) in [7, 11) is 0. The maximum absolute atomic E-state index is 2.43. The molecular weight excluding hydrogens is 613 g/mol. The molecule has 0 bridgehead atoms. The summed E-state index contributed by atoms with van der Waals surface area (Å²) in [4.78, 5) is 2.43. The Kier molecular flexibility index (Phi) is 6.39. The maximum atomic E-state index is 2.43. The van der Waals surface area contributed by atoms with Gasteiger partial charge in [0.05, 0.1) is 22.4 Å². The minimum Gasteiger partial charge on any atom is -0.309 e. The molecule has 3 heteroatoms. The van der Waals surface area contributed by atoms with Gasteiger partial charge in [0.15, 0.2) is 0 Å². The van der Waals surface area contributed by atoms with E-state index in [-0.39, 0.29) is 0 Å². The minimum atomic E-state index is 1.11. The van der Waals surface area contributed by atoms with Crippen LogP contribution in [0.15, 0.2) is 182 Å². The molecule has 2 aromatic heterocycles. The largest absolute Gasteiger partial charge is 0.309 e. The molecule has 0 unspecified atom stereocenters. The molecule has 0 saturated carbocycles. The monoisotopic (exact) mass is 642 g/mol. The van der Waals surface area contributed by atoms with E-state index < -0.39 is 0 Å². The third-order valence-corrected chi connectivity index (χ3v) is 10.9. The van der Waals surface area contributed by atoms with E-state index in [1.165, 1.54) is 63.9 Å². The van der Waals surface area contributed by atoms with Crippen LogP contribution in [0.3, 0.4) is 0 Å². The first-order valence-electron chi connectivity index (χ1n) is 16.7. The first-order valence-corrected chi connectivity index (χ1v) is 17.5. The molecule has 2 heterocycles. The van der Waals surface area contributed by atoms with Crippen molar-refractivity contribution in [2.24, 2.45) is 0 Å². The van der Waals surface area contributed by atoms with Crippen LogP contribution in [-0.4, -0.2) is 4.57 Å². The van der Waals surface area contributed by atoms with Gasteiger partial charge >= 0.3 is 0 Å². The molecule has 8 aromatic carbocycles. The van der Waals surface area contributed by atoms with Crippen LogP contribution >= 0.6 is 11.3 Å². The summed E-state index contributed by atoms with van der Waals surface area (Å²) in [5.41, 5.74) is 9.37. The number of nitrogens with zero attached hydrogens (tertiary/aromatic N) is 2. The summed E-state index contributed by atoms with van der Waals surface area (Å²) in [5.74, 6) is 0. The highest BCUT2D eigenvalue weighted by Gasteiger charge is 2.20. The number of para-hydroxylation sites is 3. The van der Waals surface area contributed by atoms with Crippen molar-refractivity contribution in [3.05, 3.63) is 182 Å². The number of hydrogen-bond acceptors (Lipinski definition) is 2. The Balaban J connectivity index is 1.17. The van der Waals surface area contributed by atoms with Crippen molar-refractivity contribution in [1.29, 1.82) is 0 Å². The molecule has 0 aliphatic heterocycles. The second-order valence-electron chi connectivity index (χ2n) is 12.5. The lowest BCUT2D eigenvalue weighted by Crippen LogP contribution is -2.12. The van der Waals surface area contributed by atoms with Crippen LogP contribution in [0.25, 0.3) is 69.6 Å². The molecule has 0 saturated heterocycles. The van der Waals surface area contributed by atoms with E-state index in [9.17, 15) is 0 Å². The molecule has 49 heavy (non-hydrogen) atoms. The molecule has 0 aliphatic rings. The third-order valence-electron chi connectivity index (χ3n) is 9.79. The van der Waals surface area contributed by atoms with Crippen molar-refractivity contribution in [2.75, 3.05) is 4.90 Å². The minimum absolute atomic E-state index is 1.11. The van der Waals surface area contributed by atoms with Crippen LogP contribution in [0.1, 0.15) is 0 Å². The Morgan fingerprint density at radius 1 is 0.408 bits per heavy atom. The van der Waals surface area contributed by atoms with Gasteiger partial charge in [-0.15, -0.1) is 11.3 Å². The number of hydrogen-bond donors (Lipinski definition) is 0. The van der Waals surface area contributed by atoms with Crippen molar-refractivity contribution >= 4 is 81.1 Å². The molecular formula is C46H30N2S. The lowest BCUT2D eigenvalue weighted by molar-refractivity contribution is 1.17. The number of rotatable bonds is 5. The highest BCUT2D eigenvalue weighted by atomic mass is 32.1. The summed E-state index contributed by atoms with van der Waals surface area (Å²) in [5, 5.41) is 7.60. The molecule has 0 amide bonds.